The summed E-state index contributed by atoms with van der Waals surface area (Å²) in [4.78, 5) is 17.2. The smallest absolute Gasteiger partial charge is 0.319 e. The number of benzene rings is 2. The number of hydrogen-bond donors (Lipinski definition) is 2. The normalized spacial score (nSPS) is 20.0. The van der Waals surface area contributed by atoms with Crippen molar-refractivity contribution < 1.29 is 14.3 Å². The molecule has 2 aromatic rings. The van der Waals surface area contributed by atoms with E-state index in [4.69, 9.17) is 9.47 Å². The van der Waals surface area contributed by atoms with Crippen molar-refractivity contribution in [3.05, 3.63) is 54.6 Å². The van der Waals surface area contributed by atoms with Crippen molar-refractivity contribution in [3.8, 4) is 5.75 Å². The molecule has 2 fully saturated rings. The number of nitrogens with zero attached hydrogens (tertiary/aromatic N) is 2. The molecule has 0 aromatic heterocycles. The van der Waals surface area contributed by atoms with E-state index in [1.54, 1.807) is 0 Å². The van der Waals surface area contributed by atoms with Crippen LogP contribution in [0.4, 0.5) is 16.2 Å². The molecule has 2 atom stereocenters. The van der Waals surface area contributed by atoms with E-state index in [0.29, 0.717) is 13.2 Å². The van der Waals surface area contributed by atoms with Gasteiger partial charge in [0.25, 0.3) is 0 Å². The molecule has 2 N–H and O–H groups in total. The summed E-state index contributed by atoms with van der Waals surface area (Å²) >= 11 is 0. The van der Waals surface area contributed by atoms with Gasteiger partial charge in [-0.05, 0) is 44.0 Å². The molecule has 0 bridgehead atoms. The standard InChI is InChI=1S/C25H34N4O3/c1-20(28-12-14-29(15-13-28)22-8-3-2-4-9-22)18-26-25(30)27-21-7-5-10-23(17-21)32-19-24-11-6-16-31-24/h2-5,7-10,17,20,24H,6,11-16,18-19H2,1H3,(H2,26,27,30). The highest BCUT2D eigenvalue weighted by Gasteiger charge is 2.21. The highest BCUT2D eigenvalue weighted by atomic mass is 16.5. The fraction of sp³-hybridized carbons (Fsp3) is 0.480. The second-order valence-corrected chi connectivity index (χ2v) is 8.52. The number of carbonyl (C=O) groups is 1. The SMILES string of the molecule is CC(CNC(=O)Nc1cccc(OCC2CCCO2)c1)N1CCN(c2ccccc2)CC1. The van der Waals surface area contributed by atoms with Gasteiger partial charge in [0.15, 0.2) is 0 Å². The second-order valence-electron chi connectivity index (χ2n) is 8.52. The van der Waals surface area contributed by atoms with E-state index in [0.717, 1.165) is 57.1 Å². The van der Waals surface area contributed by atoms with Crippen LogP contribution in [0.2, 0.25) is 0 Å². The van der Waals surface area contributed by atoms with Crippen LogP contribution in [0, 0.1) is 0 Å². The van der Waals surface area contributed by atoms with Crippen molar-refractivity contribution in [1.82, 2.24) is 10.2 Å². The van der Waals surface area contributed by atoms with E-state index < -0.39 is 0 Å². The predicted octanol–water partition coefficient (Wildman–Crippen LogP) is 3.58. The first-order valence-corrected chi connectivity index (χ1v) is 11.6. The number of hydrogen-bond acceptors (Lipinski definition) is 5. The van der Waals surface area contributed by atoms with Gasteiger partial charge in [-0.2, -0.15) is 0 Å². The molecule has 172 valence electrons. The lowest BCUT2D eigenvalue weighted by molar-refractivity contribution is 0.0680. The molecule has 7 heteroatoms. The van der Waals surface area contributed by atoms with Crippen molar-refractivity contribution in [2.75, 3.05) is 56.2 Å². The predicted molar refractivity (Wildman–Crippen MR) is 128 cm³/mol. The molecule has 2 aliphatic heterocycles. The van der Waals surface area contributed by atoms with Gasteiger partial charge >= 0.3 is 6.03 Å². The minimum absolute atomic E-state index is 0.172. The van der Waals surface area contributed by atoms with Crippen LogP contribution in [0.5, 0.6) is 5.75 Å². The Labute approximate surface area is 190 Å². The number of ether oxygens (including phenoxy) is 2. The first-order chi connectivity index (χ1) is 15.7. The van der Waals surface area contributed by atoms with Gasteiger partial charge in [0.2, 0.25) is 0 Å². The lowest BCUT2D eigenvalue weighted by atomic mass is 10.2. The summed E-state index contributed by atoms with van der Waals surface area (Å²) in [5.41, 5.74) is 2.00. The fourth-order valence-corrected chi connectivity index (χ4v) is 4.23. The topological polar surface area (TPSA) is 66.1 Å². The summed E-state index contributed by atoms with van der Waals surface area (Å²) in [6.45, 7) is 8.11. The minimum atomic E-state index is -0.198. The third-order valence-electron chi connectivity index (χ3n) is 6.17. The summed E-state index contributed by atoms with van der Waals surface area (Å²) in [6, 6.07) is 18.1. The molecule has 0 spiro atoms. The molecule has 0 radical (unpaired) electrons. The van der Waals surface area contributed by atoms with Gasteiger partial charge in [0, 0.05) is 62.8 Å². The molecule has 2 heterocycles. The highest BCUT2D eigenvalue weighted by Crippen LogP contribution is 2.20. The van der Waals surface area contributed by atoms with Crippen LogP contribution in [-0.4, -0.2) is 69.0 Å². The van der Waals surface area contributed by atoms with Gasteiger partial charge in [0.1, 0.15) is 12.4 Å². The molecular formula is C25H34N4O3. The monoisotopic (exact) mass is 438 g/mol. The van der Waals surface area contributed by atoms with Crippen LogP contribution in [0.15, 0.2) is 54.6 Å². The van der Waals surface area contributed by atoms with Crippen LogP contribution in [0.1, 0.15) is 19.8 Å². The Morgan fingerprint density at radius 2 is 1.94 bits per heavy atom. The van der Waals surface area contributed by atoms with Crippen molar-refractivity contribution in [3.63, 3.8) is 0 Å². The molecule has 0 aliphatic carbocycles. The summed E-state index contributed by atoms with van der Waals surface area (Å²) in [7, 11) is 0. The molecular weight excluding hydrogens is 404 g/mol. The lowest BCUT2D eigenvalue weighted by Crippen LogP contribution is -2.52. The van der Waals surface area contributed by atoms with Gasteiger partial charge in [-0.25, -0.2) is 4.79 Å². The highest BCUT2D eigenvalue weighted by molar-refractivity contribution is 5.89. The van der Waals surface area contributed by atoms with E-state index >= 15 is 0 Å². The summed E-state index contributed by atoms with van der Waals surface area (Å²) in [5.74, 6) is 0.739. The Morgan fingerprint density at radius 3 is 2.69 bits per heavy atom. The zero-order chi connectivity index (χ0) is 22.2. The van der Waals surface area contributed by atoms with Gasteiger partial charge in [-0.1, -0.05) is 24.3 Å². The van der Waals surface area contributed by atoms with Crippen LogP contribution < -0.4 is 20.3 Å². The first-order valence-electron chi connectivity index (χ1n) is 11.6. The Kier molecular flexibility index (Phi) is 7.85. The van der Waals surface area contributed by atoms with Crippen LogP contribution in [-0.2, 0) is 4.74 Å². The lowest BCUT2D eigenvalue weighted by Gasteiger charge is -2.39. The number of urea groups is 1. The Bertz CT molecular complexity index is 849. The van der Waals surface area contributed by atoms with Crippen molar-refractivity contribution in [1.29, 1.82) is 0 Å². The number of para-hydroxylation sites is 1. The molecule has 2 unspecified atom stereocenters. The Balaban J connectivity index is 1.17. The molecule has 2 saturated heterocycles. The van der Waals surface area contributed by atoms with E-state index in [9.17, 15) is 4.79 Å². The number of piperazine rings is 1. The van der Waals surface area contributed by atoms with E-state index in [-0.39, 0.29) is 18.2 Å². The number of amides is 2. The molecule has 4 rings (SSSR count). The maximum Gasteiger partial charge on any atom is 0.319 e. The molecule has 7 nitrogen and oxygen atoms in total. The third-order valence-corrected chi connectivity index (χ3v) is 6.17. The third kappa shape index (κ3) is 6.37. The average molecular weight is 439 g/mol. The van der Waals surface area contributed by atoms with Crippen molar-refractivity contribution in [2.24, 2.45) is 0 Å². The maximum atomic E-state index is 12.4. The molecule has 0 saturated carbocycles. The van der Waals surface area contributed by atoms with Gasteiger partial charge in [-0.15, -0.1) is 0 Å². The van der Waals surface area contributed by atoms with Crippen LogP contribution in [0.3, 0.4) is 0 Å². The van der Waals surface area contributed by atoms with E-state index in [1.165, 1.54) is 5.69 Å². The molecule has 2 amide bonds. The quantitative estimate of drug-likeness (QED) is 0.660. The zero-order valence-corrected chi connectivity index (χ0v) is 18.8. The van der Waals surface area contributed by atoms with Gasteiger partial charge in [-0.3, -0.25) is 4.90 Å². The molecule has 32 heavy (non-hydrogen) atoms. The summed E-state index contributed by atoms with van der Waals surface area (Å²) < 4.78 is 11.4. The van der Waals surface area contributed by atoms with Crippen molar-refractivity contribution in [2.45, 2.75) is 31.9 Å². The van der Waals surface area contributed by atoms with Gasteiger partial charge in [0.05, 0.1) is 6.10 Å². The summed E-state index contributed by atoms with van der Waals surface area (Å²) in [6.07, 6.45) is 2.31. The van der Waals surface area contributed by atoms with Gasteiger partial charge < -0.3 is 25.0 Å². The zero-order valence-electron chi connectivity index (χ0n) is 18.8. The molecule has 2 aromatic carbocycles. The minimum Gasteiger partial charge on any atom is -0.491 e. The van der Waals surface area contributed by atoms with Crippen LogP contribution in [0.25, 0.3) is 0 Å². The maximum absolute atomic E-state index is 12.4. The Hall–Kier alpha value is -2.77. The summed E-state index contributed by atoms with van der Waals surface area (Å²) in [5, 5.41) is 5.91. The number of carbonyl (C=O) groups excluding carboxylic acids is 1. The molecule has 2 aliphatic rings. The second kappa shape index (κ2) is 11.2. The largest absolute Gasteiger partial charge is 0.491 e. The number of anilines is 2. The fourth-order valence-electron chi connectivity index (χ4n) is 4.23. The number of rotatable bonds is 8. The average Bonchev–Trinajstić information content (AvgIpc) is 3.36. The number of nitrogens with one attached hydrogen (secondary N) is 2. The van der Waals surface area contributed by atoms with E-state index in [1.807, 2.05) is 30.3 Å². The van der Waals surface area contributed by atoms with Crippen molar-refractivity contribution >= 4 is 17.4 Å². The Morgan fingerprint density at radius 1 is 1.12 bits per heavy atom. The first kappa shape index (κ1) is 22.4. The van der Waals surface area contributed by atoms with E-state index in [2.05, 4.69) is 51.6 Å². The van der Waals surface area contributed by atoms with Crippen LogP contribution >= 0.6 is 0 Å².